The normalized spacial score (nSPS) is 20.3. The number of carbonyl (C=O) groups is 2. The molecule has 0 amide bonds. The molecule has 1 rings (SSSR count). The summed E-state index contributed by atoms with van der Waals surface area (Å²) in [5.41, 5.74) is 0.417. The number of esters is 1. The van der Waals surface area contributed by atoms with Gasteiger partial charge in [0, 0.05) is 17.9 Å². The van der Waals surface area contributed by atoms with Crippen LogP contribution in [0.3, 0.4) is 0 Å². The molecule has 1 aliphatic carbocycles. The number of aliphatic hydroxyl groups is 1. The zero-order chi connectivity index (χ0) is 19.4. The largest absolute Gasteiger partial charge is 0.469 e. The van der Waals surface area contributed by atoms with Gasteiger partial charge in [-0.1, -0.05) is 37.3 Å². The highest BCUT2D eigenvalue weighted by atomic mass is 19.1. The molecule has 0 radical (unpaired) electrons. The molecule has 0 unspecified atom stereocenters. The van der Waals surface area contributed by atoms with Crippen molar-refractivity contribution in [2.75, 3.05) is 7.11 Å². The van der Waals surface area contributed by atoms with Crippen molar-refractivity contribution in [2.45, 2.75) is 58.0 Å². The summed E-state index contributed by atoms with van der Waals surface area (Å²) in [5, 5.41) is 9.94. The van der Waals surface area contributed by atoms with Crippen LogP contribution in [0.2, 0.25) is 0 Å². The van der Waals surface area contributed by atoms with Gasteiger partial charge < -0.3 is 9.84 Å². The maximum Gasteiger partial charge on any atom is 0.305 e. The topological polar surface area (TPSA) is 63.6 Å². The third kappa shape index (κ3) is 7.91. The highest BCUT2D eigenvalue weighted by Gasteiger charge is 2.29. The number of hydrogen-bond donors (Lipinski definition) is 1. The minimum Gasteiger partial charge on any atom is -0.469 e. The van der Waals surface area contributed by atoms with Gasteiger partial charge in [-0.05, 0) is 44.6 Å². The lowest BCUT2D eigenvalue weighted by atomic mass is 9.96. The number of hydrogen-bond acceptors (Lipinski definition) is 4. The van der Waals surface area contributed by atoms with Gasteiger partial charge in [-0.3, -0.25) is 9.59 Å². The van der Waals surface area contributed by atoms with Crippen LogP contribution < -0.4 is 0 Å². The Morgan fingerprint density at radius 1 is 1.31 bits per heavy atom. The number of unbranched alkanes of at least 4 members (excludes halogenated alkanes) is 1. The van der Waals surface area contributed by atoms with Crippen LogP contribution in [0.5, 0.6) is 0 Å². The highest BCUT2D eigenvalue weighted by Crippen LogP contribution is 2.31. The summed E-state index contributed by atoms with van der Waals surface area (Å²) in [6.45, 7) is 2.02. The first kappa shape index (κ1) is 22.0. The van der Waals surface area contributed by atoms with Gasteiger partial charge in [0.05, 0.1) is 13.2 Å². The second kappa shape index (κ2) is 12.4. The smallest absolute Gasteiger partial charge is 0.305 e. The van der Waals surface area contributed by atoms with Crippen molar-refractivity contribution in [1.82, 2.24) is 0 Å². The Bertz CT molecular complexity index is 587. The van der Waals surface area contributed by atoms with E-state index in [-0.39, 0.29) is 11.9 Å². The monoisotopic (exact) mass is 364 g/mol. The molecule has 0 saturated carbocycles. The molecular formula is C21H29FO4. The van der Waals surface area contributed by atoms with Crippen molar-refractivity contribution in [1.29, 1.82) is 0 Å². The number of halogens is 1. The lowest BCUT2D eigenvalue weighted by Gasteiger charge is -2.09. The number of allylic oxidation sites excluding steroid dienone is 6. The highest BCUT2D eigenvalue weighted by molar-refractivity contribution is 6.09. The second-order valence-electron chi connectivity index (χ2n) is 6.29. The fourth-order valence-corrected chi connectivity index (χ4v) is 2.69. The van der Waals surface area contributed by atoms with Crippen LogP contribution in [0.1, 0.15) is 51.9 Å². The lowest BCUT2D eigenvalue weighted by molar-refractivity contribution is -0.140. The third-order valence-corrected chi connectivity index (χ3v) is 4.18. The van der Waals surface area contributed by atoms with E-state index in [0.717, 1.165) is 12.8 Å². The number of ether oxygens (including phenoxy) is 1. The number of rotatable bonds is 11. The quantitative estimate of drug-likeness (QED) is 0.256. The summed E-state index contributed by atoms with van der Waals surface area (Å²) in [5.74, 6) is -1.83. The number of ketones is 1. The zero-order valence-corrected chi connectivity index (χ0v) is 15.6. The zero-order valence-electron chi connectivity index (χ0n) is 15.6. The molecule has 4 nitrogen and oxygen atoms in total. The van der Waals surface area contributed by atoms with Gasteiger partial charge in [-0.15, -0.1) is 0 Å². The molecule has 26 heavy (non-hydrogen) atoms. The summed E-state index contributed by atoms with van der Waals surface area (Å²) in [7, 11) is 1.36. The maximum absolute atomic E-state index is 13.7. The summed E-state index contributed by atoms with van der Waals surface area (Å²) in [6.07, 6.45) is 14.2. The van der Waals surface area contributed by atoms with E-state index in [4.69, 9.17) is 0 Å². The first-order valence-electron chi connectivity index (χ1n) is 9.16. The Labute approximate surface area is 155 Å². The van der Waals surface area contributed by atoms with Crippen LogP contribution in [-0.2, 0) is 14.3 Å². The number of Topliss-reactive ketones (excluding diaryl/α,β-unsaturated/α-hetero) is 1. The van der Waals surface area contributed by atoms with Crippen LogP contribution in [0.4, 0.5) is 4.39 Å². The Morgan fingerprint density at radius 3 is 2.77 bits per heavy atom. The molecule has 2 atom stereocenters. The summed E-state index contributed by atoms with van der Waals surface area (Å²) >= 11 is 0. The van der Waals surface area contributed by atoms with Crippen LogP contribution in [0, 0.1) is 5.92 Å². The Morgan fingerprint density at radius 2 is 2.08 bits per heavy atom. The molecule has 0 saturated heterocycles. The molecule has 1 N–H and O–H groups in total. The van der Waals surface area contributed by atoms with Crippen molar-refractivity contribution in [3.63, 3.8) is 0 Å². The summed E-state index contributed by atoms with van der Waals surface area (Å²) in [4.78, 5) is 23.0. The van der Waals surface area contributed by atoms with Crippen LogP contribution in [0.25, 0.3) is 0 Å². The molecule has 0 bridgehead atoms. The van der Waals surface area contributed by atoms with E-state index in [1.54, 1.807) is 6.08 Å². The van der Waals surface area contributed by atoms with E-state index < -0.39 is 17.7 Å². The standard InChI is InChI=1S/C21H29FO4/c1-3-4-7-11-17(23)13-14-18-16(15-19(22)21(18)25)10-8-5-6-9-12-20(24)26-2/h4-5,7-8,14-17,23H,3,6,9-13H2,1-2H3/b7-4-,8-5-,18-14+/t16-,17-/m0/s1. The van der Waals surface area contributed by atoms with Crippen molar-refractivity contribution in [2.24, 2.45) is 5.92 Å². The minimum absolute atomic E-state index is 0.234. The number of carbonyl (C=O) groups excluding carboxylic acids is 2. The summed E-state index contributed by atoms with van der Waals surface area (Å²) < 4.78 is 18.2. The Balaban J connectivity index is 2.51. The van der Waals surface area contributed by atoms with Crippen molar-refractivity contribution in [3.8, 4) is 0 Å². The molecular weight excluding hydrogens is 335 g/mol. The van der Waals surface area contributed by atoms with Crippen molar-refractivity contribution < 1.29 is 23.8 Å². The predicted octanol–water partition coefficient (Wildman–Crippen LogP) is 4.36. The second-order valence-corrected chi connectivity index (χ2v) is 6.29. The fraction of sp³-hybridized carbons (Fsp3) is 0.524. The lowest BCUT2D eigenvalue weighted by Crippen LogP contribution is -2.08. The van der Waals surface area contributed by atoms with Crippen LogP contribution >= 0.6 is 0 Å². The Kier molecular flexibility index (Phi) is 10.5. The number of aliphatic hydroxyl groups excluding tert-OH is 1. The van der Waals surface area contributed by atoms with Gasteiger partial charge in [-0.25, -0.2) is 4.39 Å². The molecule has 0 fully saturated rings. The van der Waals surface area contributed by atoms with Crippen LogP contribution in [0.15, 0.2) is 47.9 Å². The first-order valence-corrected chi connectivity index (χ1v) is 9.16. The van der Waals surface area contributed by atoms with Gasteiger partial charge in [0.25, 0.3) is 0 Å². The van der Waals surface area contributed by atoms with Gasteiger partial charge in [0.15, 0.2) is 5.83 Å². The number of methoxy groups -OCH3 is 1. The first-order chi connectivity index (χ1) is 12.5. The van der Waals surface area contributed by atoms with E-state index >= 15 is 0 Å². The molecule has 0 aromatic carbocycles. The van der Waals surface area contributed by atoms with Gasteiger partial charge in [0.2, 0.25) is 5.78 Å². The van der Waals surface area contributed by atoms with Crippen LogP contribution in [-0.4, -0.2) is 30.1 Å². The van der Waals surface area contributed by atoms with Crippen molar-refractivity contribution >= 4 is 11.8 Å². The van der Waals surface area contributed by atoms with E-state index in [2.05, 4.69) is 4.74 Å². The maximum atomic E-state index is 13.7. The SMILES string of the molecule is CC/C=C\C[C@H](O)C/C=C1/C(=O)C(F)=C[C@@H]1C/C=C\CCCC(=O)OC. The minimum atomic E-state index is -0.722. The Hall–Kier alpha value is -2.01. The molecule has 144 valence electrons. The van der Waals surface area contributed by atoms with Gasteiger partial charge in [0.1, 0.15) is 0 Å². The average molecular weight is 364 g/mol. The molecule has 1 aliphatic rings. The molecule has 0 aromatic rings. The fourth-order valence-electron chi connectivity index (χ4n) is 2.69. The van der Waals surface area contributed by atoms with Crippen molar-refractivity contribution in [3.05, 3.63) is 47.9 Å². The molecule has 0 aromatic heterocycles. The molecule has 0 spiro atoms. The molecule has 0 heterocycles. The predicted molar refractivity (Wildman–Crippen MR) is 100 cm³/mol. The molecule has 0 aliphatic heterocycles. The third-order valence-electron chi connectivity index (χ3n) is 4.18. The van der Waals surface area contributed by atoms with E-state index in [1.807, 2.05) is 31.2 Å². The summed E-state index contributed by atoms with van der Waals surface area (Å²) in [6, 6.07) is 0. The average Bonchev–Trinajstić information content (AvgIpc) is 2.89. The van der Waals surface area contributed by atoms with E-state index in [9.17, 15) is 19.1 Å². The van der Waals surface area contributed by atoms with E-state index in [0.29, 0.717) is 37.7 Å². The van der Waals surface area contributed by atoms with Gasteiger partial charge in [-0.2, -0.15) is 0 Å². The molecule has 5 heteroatoms. The van der Waals surface area contributed by atoms with E-state index in [1.165, 1.54) is 13.2 Å². The van der Waals surface area contributed by atoms with Gasteiger partial charge >= 0.3 is 5.97 Å².